The molecule has 0 aromatic carbocycles. The van der Waals surface area contributed by atoms with E-state index >= 15 is 0 Å². The van der Waals surface area contributed by atoms with Crippen LogP contribution in [0.5, 0.6) is 0 Å². The molecule has 0 atom stereocenters. The summed E-state index contributed by atoms with van der Waals surface area (Å²) in [5, 5.41) is 18.9. The van der Waals surface area contributed by atoms with Gasteiger partial charge in [0.25, 0.3) is 0 Å². The third-order valence-corrected chi connectivity index (χ3v) is 3.56. The van der Waals surface area contributed by atoms with E-state index < -0.39 is 17.5 Å². The number of aliphatic hydroxyl groups excluding tert-OH is 2. The van der Waals surface area contributed by atoms with E-state index in [0.717, 1.165) is 0 Å². The lowest BCUT2D eigenvalue weighted by molar-refractivity contribution is -0.135. The third kappa shape index (κ3) is 2.10. The molecule has 0 aliphatic carbocycles. The minimum absolute atomic E-state index is 0.0981. The Balaban J connectivity index is 1.70. The molecule has 9 nitrogen and oxygen atoms in total. The summed E-state index contributed by atoms with van der Waals surface area (Å²) in [6.45, 7) is 0.235. The van der Waals surface area contributed by atoms with Crippen LogP contribution in [0.1, 0.15) is 0 Å². The Morgan fingerprint density at radius 1 is 1.12 bits per heavy atom. The average Bonchev–Trinajstić information content (AvgIpc) is 3.30. The molecule has 0 bridgehead atoms. The van der Waals surface area contributed by atoms with Crippen LogP contribution in [0, 0.1) is 0 Å². The molecule has 0 saturated carbocycles. The van der Waals surface area contributed by atoms with E-state index in [2.05, 4.69) is 15.0 Å². The number of cyclic esters (lactones) is 1. The van der Waals surface area contributed by atoms with Crippen molar-refractivity contribution in [2.75, 3.05) is 0 Å². The Hall–Kier alpha value is -3.62. The highest BCUT2D eigenvalue weighted by Crippen LogP contribution is 2.23. The summed E-state index contributed by atoms with van der Waals surface area (Å²) in [4.78, 5) is 24.0. The van der Waals surface area contributed by atoms with Crippen LogP contribution in [-0.2, 0) is 16.1 Å². The number of nitrogens with zero attached hydrogens (tertiary/aromatic N) is 5. The molecule has 0 unspecified atom stereocenters. The quantitative estimate of drug-likeness (QED) is 0.699. The van der Waals surface area contributed by atoms with Gasteiger partial charge in [-0.05, 0) is 18.2 Å². The van der Waals surface area contributed by atoms with Gasteiger partial charge in [0.05, 0.1) is 6.33 Å². The molecule has 0 spiro atoms. The van der Waals surface area contributed by atoms with Crippen molar-refractivity contribution in [3.05, 3.63) is 60.5 Å². The van der Waals surface area contributed by atoms with Crippen LogP contribution in [0.25, 0.3) is 17.0 Å². The summed E-state index contributed by atoms with van der Waals surface area (Å²) in [7, 11) is 0. The normalized spacial score (nSPS) is 16.3. The Bertz CT molecular complexity index is 1000. The number of rotatable bonds is 3. The van der Waals surface area contributed by atoms with E-state index in [1.165, 1.54) is 12.4 Å². The van der Waals surface area contributed by atoms with Gasteiger partial charge < -0.3 is 24.1 Å². The lowest BCUT2D eigenvalue weighted by Crippen LogP contribution is -2.01. The van der Waals surface area contributed by atoms with Gasteiger partial charge in [-0.25, -0.2) is 19.7 Å². The molecule has 0 amide bonds. The lowest BCUT2D eigenvalue weighted by Gasteiger charge is -2.03. The van der Waals surface area contributed by atoms with Crippen molar-refractivity contribution in [1.29, 1.82) is 0 Å². The highest BCUT2D eigenvalue weighted by atomic mass is 16.6. The van der Waals surface area contributed by atoms with Crippen molar-refractivity contribution in [3.63, 3.8) is 0 Å². The van der Waals surface area contributed by atoms with Crippen LogP contribution < -0.4 is 0 Å². The van der Waals surface area contributed by atoms with Gasteiger partial charge in [-0.1, -0.05) is 0 Å². The van der Waals surface area contributed by atoms with Crippen molar-refractivity contribution in [2.45, 2.75) is 6.54 Å². The van der Waals surface area contributed by atoms with E-state index in [4.69, 9.17) is 4.74 Å². The number of hydrogen-bond acceptors (Lipinski definition) is 7. The van der Waals surface area contributed by atoms with Gasteiger partial charge in [0, 0.05) is 18.9 Å². The second-order valence-electron chi connectivity index (χ2n) is 5.01. The molecule has 4 heterocycles. The van der Waals surface area contributed by atoms with Crippen LogP contribution >= 0.6 is 0 Å². The van der Waals surface area contributed by atoms with Crippen molar-refractivity contribution in [2.24, 2.45) is 0 Å². The maximum absolute atomic E-state index is 11.2. The summed E-state index contributed by atoms with van der Waals surface area (Å²) in [6.07, 6.45) is 8.16. The SMILES string of the molecule is O=C1O/C(=C\Cn2cnc3c(-n4cccc4)ncnc32)C(O)=C1O. The molecule has 24 heavy (non-hydrogen) atoms. The molecule has 3 aromatic heterocycles. The summed E-state index contributed by atoms with van der Waals surface area (Å²) in [5.74, 6) is -1.81. The largest absolute Gasteiger partial charge is 0.502 e. The molecular weight excluding hydrogens is 314 g/mol. The van der Waals surface area contributed by atoms with Crippen LogP contribution in [-0.4, -0.2) is 40.3 Å². The Labute approximate surface area is 134 Å². The first-order valence-corrected chi connectivity index (χ1v) is 6.99. The first-order valence-electron chi connectivity index (χ1n) is 6.99. The van der Waals surface area contributed by atoms with Gasteiger partial charge in [0.15, 0.2) is 22.7 Å². The zero-order valence-corrected chi connectivity index (χ0v) is 12.2. The van der Waals surface area contributed by atoms with E-state index in [9.17, 15) is 15.0 Å². The van der Waals surface area contributed by atoms with Gasteiger partial charge in [0.2, 0.25) is 11.5 Å². The van der Waals surface area contributed by atoms with Crippen molar-refractivity contribution < 1.29 is 19.7 Å². The monoisotopic (exact) mass is 325 g/mol. The van der Waals surface area contributed by atoms with E-state index in [1.807, 2.05) is 29.1 Å². The summed E-state index contributed by atoms with van der Waals surface area (Å²) < 4.78 is 8.28. The number of allylic oxidation sites excluding steroid dienone is 1. The minimum atomic E-state index is -0.980. The van der Waals surface area contributed by atoms with E-state index in [-0.39, 0.29) is 12.3 Å². The van der Waals surface area contributed by atoms with Gasteiger partial charge in [-0.3, -0.25) is 0 Å². The van der Waals surface area contributed by atoms with Gasteiger partial charge >= 0.3 is 5.97 Å². The van der Waals surface area contributed by atoms with Crippen molar-refractivity contribution in [3.8, 4) is 5.82 Å². The molecule has 1 aliphatic heterocycles. The Morgan fingerprint density at radius 2 is 1.92 bits per heavy atom. The highest BCUT2D eigenvalue weighted by molar-refractivity contribution is 5.91. The number of aromatic nitrogens is 5. The first kappa shape index (κ1) is 14.0. The van der Waals surface area contributed by atoms with Crippen LogP contribution in [0.15, 0.2) is 60.5 Å². The van der Waals surface area contributed by atoms with Crippen molar-refractivity contribution >= 4 is 17.1 Å². The van der Waals surface area contributed by atoms with Crippen molar-refractivity contribution in [1.82, 2.24) is 24.1 Å². The topological polar surface area (TPSA) is 115 Å². The summed E-state index contributed by atoms with van der Waals surface area (Å²) in [6, 6.07) is 3.76. The predicted octanol–water partition coefficient (Wildman–Crippen LogP) is 1.39. The van der Waals surface area contributed by atoms with E-state index in [1.54, 1.807) is 10.9 Å². The molecule has 3 aromatic rings. The number of esters is 1. The van der Waals surface area contributed by atoms with Gasteiger partial charge in [-0.15, -0.1) is 0 Å². The smallest absolute Gasteiger partial charge is 0.383 e. The van der Waals surface area contributed by atoms with Crippen LogP contribution in [0.3, 0.4) is 0 Å². The Kier molecular flexibility index (Phi) is 3.05. The zero-order valence-electron chi connectivity index (χ0n) is 12.2. The second kappa shape index (κ2) is 5.23. The maximum Gasteiger partial charge on any atom is 0.383 e. The molecule has 4 rings (SSSR count). The standard InChI is InChI=1S/C15H11N5O4/c21-11-9(24-15(23)12(11)22)3-6-20-8-18-10-13(16-7-17-14(10)20)19-4-1-2-5-19/h1-5,7-8,21-22H,6H2/b9-3-. The minimum Gasteiger partial charge on any atom is -0.502 e. The molecule has 0 saturated heterocycles. The molecule has 120 valence electrons. The molecule has 9 heteroatoms. The number of carbonyl (C=O) groups is 1. The number of hydrogen-bond donors (Lipinski definition) is 2. The molecule has 1 aliphatic rings. The third-order valence-electron chi connectivity index (χ3n) is 3.56. The molecule has 0 radical (unpaired) electrons. The van der Waals surface area contributed by atoms with Gasteiger partial charge in [0.1, 0.15) is 6.33 Å². The number of ether oxygens (including phenoxy) is 1. The zero-order chi connectivity index (χ0) is 16.7. The number of aliphatic hydroxyl groups is 2. The summed E-state index contributed by atoms with van der Waals surface area (Å²) in [5.41, 5.74) is 1.20. The fourth-order valence-corrected chi connectivity index (χ4v) is 2.40. The summed E-state index contributed by atoms with van der Waals surface area (Å²) >= 11 is 0. The Morgan fingerprint density at radius 3 is 2.62 bits per heavy atom. The molecule has 0 fully saturated rings. The number of fused-ring (bicyclic) bond motifs is 1. The maximum atomic E-state index is 11.2. The molecular formula is C15H11N5O4. The number of carbonyl (C=O) groups excluding carboxylic acids is 1. The van der Waals surface area contributed by atoms with Crippen LogP contribution in [0.2, 0.25) is 0 Å². The average molecular weight is 325 g/mol. The predicted molar refractivity (Wildman–Crippen MR) is 81.1 cm³/mol. The fraction of sp³-hybridized carbons (Fsp3) is 0.0667. The van der Waals surface area contributed by atoms with E-state index in [0.29, 0.717) is 17.0 Å². The van der Waals surface area contributed by atoms with Gasteiger partial charge in [-0.2, -0.15) is 0 Å². The number of imidazole rings is 1. The lowest BCUT2D eigenvalue weighted by atomic mass is 10.3. The highest BCUT2D eigenvalue weighted by Gasteiger charge is 2.29. The first-order chi connectivity index (χ1) is 11.6. The fourth-order valence-electron chi connectivity index (χ4n) is 2.40. The van der Waals surface area contributed by atoms with Crippen LogP contribution in [0.4, 0.5) is 0 Å². The molecule has 2 N–H and O–H groups in total. The second-order valence-corrected chi connectivity index (χ2v) is 5.01.